The summed E-state index contributed by atoms with van der Waals surface area (Å²) in [6, 6.07) is 18.6. The van der Waals surface area contributed by atoms with Crippen molar-refractivity contribution in [3.05, 3.63) is 84.9 Å². The first-order valence-electron chi connectivity index (χ1n) is 10.4. The van der Waals surface area contributed by atoms with Crippen molar-refractivity contribution in [2.75, 3.05) is 13.1 Å². The highest BCUT2D eigenvalue weighted by atomic mass is 15.1. The van der Waals surface area contributed by atoms with E-state index in [2.05, 4.69) is 50.2 Å². The van der Waals surface area contributed by atoms with E-state index < -0.39 is 0 Å². The van der Waals surface area contributed by atoms with E-state index in [9.17, 15) is 0 Å². The van der Waals surface area contributed by atoms with Crippen molar-refractivity contribution in [2.24, 2.45) is 0 Å². The lowest BCUT2D eigenvalue weighted by Crippen LogP contribution is -2.18. The summed E-state index contributed by atoms with van der Waals surface area (Å²) < 4.78 is 0. The molecule has 0 atom stereocenters. The molecule has 0 N–H and O–H groups in total. The van der Waals surface area contributed by atoms with Crippen LogP contribution in [0.1, 0.15) is 18.4 Å². The maximum absolute atomic E-state index is 4.70. The Hall–Kier alpha value is -3.44. The Bertz CT molecular complexity index is 1120. The molecule has 1 fully saturated rings. The molecule has 1 aromatic carbocycles. The Labute approximate surface area is 176 Å². The molecule has 5 rings (SSSR count). The van der Waals surface area contributed by atoms with E-state index in [-0.39, 0.29) is 0 Å². The third kappa shape index (κ3) is 4.11. The van der Waals surface area contributed by atoms with Crippen molar-refractivity contribution in [3.8, 4) is 33.9 Å². The molecule has 0 aliphatic carbocycles. The highest BCUT2D eigenvalue weighted by Gasteiger charge is 2.12. The molecular formula is C25H23N5. The molecule has 1 saturated heterocycles. The second-order valence-corrected chi connectivity index (χ2v) is 7.62. The maximum atomic E-state index is 4.70. The third-order valence-electron chi connectivity index (χ3n) is 5.48. The van der Waals surface area contributed by atoms with Crippen molar-refractivity contribution >= 4 is 0 Å². The Balaban J connectivity index is 1.39. The van der Waals surface area contributed by atoms with Crippen molar-refractivity contribution in [1.82, 2.24) is 24.8 Å². The Morgan fingerprint density at radius 3 is 2.37 bits per heavy atom. The Morgan fingerprint density at radius 2 is 1.57 bits per heavy atom. The SMILES string of the molecule is c1ccc(-c2nccc(-c3cncc(-c4ccc(CN5CCCC5)cc4)c3)n2)nc1. The van der Waals surface area contributed by atoms with Gasteiger partial charge in [-0.05, 0) is 61.3 Å². The van der Waals surface area contributed by atoms with Crippen LogP contribution in [-0.2, 0) is 6.54 Å². The molecule has 0 saturated carbocycles. The van der Waals surface area contributed by atoms with Gasteiger partial charge in [0, 0.05) is 42.5 Å². The summed E-state index contributed by atoms with van der Waals surface area (Å²) in [4.78, 5) is 20.4. The van der Waals surface area contributed by atoms with Crippen LogP contribution in [0.4, 0.5) is 0 Å². The topological polar surface area (TPSA) is 54.8 Å². The van der Waals surface area contributed by atoms with Crippen LogP contribution in [0.2, 0.25) is 0 Å². The van der Waals surface area contributed by atoms with Crippen LogP contribution in [0.25, 0.3) is 33.9 Å². The summed E-state index contributed by atoms with van der Waals surface area (Å²) in [7, 11) is 0. The van der Waals surface area contributed by atoms with Gasteiger partial charge in [0.25, 0.3) is 0 Å². The molecule has 0 unspecified atom stereocenters. The van der Waals surface area contributed by atoms with E-state index in [1.54, 1.807) is 12.4 Å². The van der Waals surface area contributed by atoms with Crippen LogP contribution in [0.15, 0.2) is 79.4 Å². The minimum absolute atomic E-state index is 0.616. The molecule has 0 bridgehead atoms. The third-order valence-corrected chi connectivity index (χ3v) is 5.48. The van der Waals surface area contributed by atoms with Crippen LogP contribution in [0.3, 0.4) is 0 Å². The Kier molecular flexibility index (Phi) is 5.27. The quantitative estimate of drug-likeness (QED) is 0.484. The molecule has 4 aromatic rings. The van der Waals surface area contributed by atoms with Gasteiger partial charge in [-0.3, -0.25) is 14.9 Å². The zero-order valence-corrected chi connectivity index (χ0v) is 16.8. The summed E-state index contributed by atoms with van der Waals surface area (Å²) in [5.74, 6) is 0.616. The van der Waals surface area contributed by atoms with E-state index in [0.29, 0.717) is 5.82 Å². The van der Waals surface area contributed by atoms with Gasteiger partial charge in [0.05, 0.1) is 5.69 Å². The molecule has 0 amide bonds. The van der Waals surface area contributed by atoms with E-state index in [4.69, 9.17) is 4.98 Å². The number of hydrogen-bond donors (Lipinski definition) is 0. The van der Waals surface area contributed by atoms with Crippen molar-refractivity contribution < 1.29 is 0 Å². The van der Waals surface area contributed by atoms with E-state index in [1.165, 1.54) is 31.5 Å². The second kappa shape index (κ2) is 8.51. The van der Waals surface area contributed by atoms with Crippen LogP contribution in [0, 0.1) is 0 Å². The van der Waals surface area contributed by atoms with Gasteiger partial charge in [0.2, 0.25) is 0 Å². The predicted molar refractivity (Wildman–Crippen MR) is 118 cm³/mol. The first kappa shape index (κ1) is 18.6. The maximum Gasteiger partial charge on any atom is 0.178 e. The minimum atomic E-state index is 0.616. The largest absolute Gasteiger partial charge is 0.299 e. The van der Waals surface area contributed by atoms with Gasteiger partial charge < -0.3 is 0 Å². The van der Waals surface area contributed by atoms with Gasteiger partial charge in [-0.25, -0.2) is 9.97 Å². The van der Waals surface area contributed by atoms with Crippen LogP contribution in [-0.4, -0.2) is 37.9 Å². The van der Waals surface area contributed by atoms with Crippen LogP contribution < -0.4 is 0 Å². The molecule has 1 aliphatic heterocycles. The summed E-state index contributed by atoms with van der Waals surface area (Å²) in [5.41, 5.74) is 6.17. The number of rotatable bonds is 5. The van der Waals surface area contributed by atoms with Crippen molar-refractivity contribution in [1.29, 1.82) is 0 Å². The fraction of sp³-hybridized carbons (Fsp3) is 0.200. The molecule has 5 heteroatoms. The Morgan fingerprint density at radius 1 is 0.733 bits per heavy atom. The summed E-state index contributed by atoms with van der Waals surface area (Å²) in [5, 5.41) is 0. The van der Waals surface area contributed by atoms with Crippen molar-refractivity contribution in [3.63, 3.8) is 0 Å². The standard InChI is InChI=1S/C25H23N5/c1-2-11-27-24(5-1)25-28-12-10-23(29-25)22-15-21(16-26-17-22)20-8-6-19(7-9-20)18-30-13-3-4-14-30/h1-2,5-12,15-17H,3-4,13-14,18H2. The lowest BCUT2D eigenvalue weighted by atomic mass is 10.0. The molecule has 1 aliphatic rings. The average molecular weight is 393 g/mol. The number of benzene rings is 1. The lowest BCUT2D eigenvalue weighted by Gasteiger charge is -2.14. The highest BCUT2D eigenvalue weighted by molar-refractivity contribution is 5.70. The number of pyridine rings is 2. The highest BCUT2D eigenvalue weighted by Crippen LogP contribution is 2.26. The zero-order valence-electron chi connectivity index (χ0n) is 16.8. The molecule has 30 heavy (non-hydrogen) atoms. The summed E-state index contributed by atoms with van der Waals surface area (Å²) >= 11 is 0. The minimum Gasteiger partial charge on any atom is -0.299 e. The molecule has 0 spiro atoms. The summed E-state index contributed by atoms with van der Waals surface area (Å²) in [6.07, 6.45) is 9.91. The smallest absolute Gasteiger partial charge is 0.178 e. The zero-order chi connectivity index (χ0) is 20.2. The van der Waals surface area contributed by atoms with Crippen molar-refractivity contribution in [2.45, 2.75) is 19.4 Å². The monoisotopic (exact) mass is 393 g/mol. The van der Waals surface area contributed by atoms with Crippen LogP contribution in [0.5, 0.6) is 0 Å². The molecular weight excluding hydrogens is 370 g/mol. The molecule has 148 valence electrons. The number of hydrogen-bond acceptors (Lipinski definition) is 5. The molecule has 5 nitrogen and oxygen atoms in total. The number of likely N-dealkylation sites (tertiary alicyclic amines) is 1. The fourth-order valence-corrected chi connectivity index (χ4v) is 3.88. The predicted octanol–water partition coefficient (Wildman–Crippen LogP) is 4.86. The second-order valence-electron chi connectivity index (χ2n) is 7.62. The molecule has 4 heterocycles. The molecule has 0 radical (unpaired) electrons. The van der Waals surface area contributed by atoms with Gasteiger partial charge in [-0.2, -0.15) is 0 Å². The van der Waals surface area contributed by atoms with Gasteiger partial charge in [-0.15, -0.1) is 0 Å². The first-order chi connectivity index (χ1) is 14.8. The number of nitrogens with zero attached hydrogens (tertiary/aromatic N) is 5. The van der Waals surface area contributed by atoms with Gasteiger partial charge in [-0.1, -0.05) is 30.3 Å². The van der Waals surface area contributed by atoms with E-state index in [1.807, 2.05) is 36.7 Å². The number of aromatic nitrogens is 4. The van der Waals surface area contributed by atoms with Gasteiger partial charge >= 0.3 is 0 Å². The molecule has 3 aromatic heterocycles. The summed E-state index contributed by atoms with van der Waals surface area (Å²) in [6.45, 7) is 3.47. The first-order valence-corrected chi connectivity index (χ1v) is 10.4. The average Bonchev–Trinajstić information content (AvgIpc) is 3.33. The van der Waals surface area contributed by atoms with E-state index in [0.717, 1.165) is 34.6 Å². The van der Waals surface area contributed by atoms with Gasteiger partial charge in [0.15, 0.2) is 5.82 Å². The lowest BCUT2D eigenvalue weighted by molar-refractivity contribution is 0.331. The van der Waals surface area contributed by atoms with Gasteiger partial charge in [0.1, 0.15) is 5.69 Å². The fourth-order valence-electron chi connectivity index (χ4n) is 3.88. The van der Waals surface area contributed by atoms with E-state index >= 15 is 0 Å². The normalized spacial score (nSPS) is 14.1. The van der Waals surface area contributed by atoms with Crippen LogP contribution >= 0.6 is 0 Å².